The van der Waals surface area contributed by atoms with E-state index in [-0.39, 0.29) is 11.8 Å². The number of amides is 2. The fourth-order valence-electron chi connectivity index (χ4n) is 3.90. The number of rotatable bonds is 6. The molecular weight excluding hydrogens is 426 g/mol. The van der Waals surface area contributed by atoms with E-state index < -0.39 is 0 Å². The van der Waals surface area contributed by atoms with Gasteiger partial charge in [0.05, 0.1) is 12.2 Å². The van der Waals surface area contributed by atoms with Gasteiger partial charge in [-0.2, -0.15) is 0 Å². The number of nitrogens with zero attached hydrogens (tertiary/aromatic N) is 1. The van der Waals surface area contributed by atoms with Gasteiger partial charge >= 0.3 is 0 Å². The van der Waals surface area contributed by atoms with Crippen LogP contribution in [0.5, 0.6) is 5.75 Å². The van der Waals surface area contributed by atoms with Gasteiger partial charge < -0.3 is 15.4 Å². The maximum absolute atomic E-state index is 12.7. The molecule has 3 aromatic carbocycles. The normalized spacial score (nSPS) is 11.9. The summed E-state index contributed by atoms with van der Waals surface area (Å²) in [6.45, 7) is 1.15. The third-order valence-corrected chi connectivity index (χ3v) is 5.74. The molecule has 0 saturated heterocycles. The van der Waals surface area contributed by atoms with Crippen LogP contribution in [0.25, 0.3) is 11.1 Å². The van der Waals surface area contributed by atoms with Gasteiger partial charge in [-0.15, -0.1) is 0 Å². The lowest BCUT2D eigenvalue weighted by molar-refractivity contribution is 0.0949. The second-order valence-electron chi connectivity index (χ2n) is 8.08. The minimum Gasteiger partial charge on any atom is -0.493 e. The number of ether oxygens (including phenoxy) is 1. The molecule has 0 bridgehead atoms. The highest BCUT2D eigenvalue weighted by Crippen LogP contribution is 2.30. The molecule has 6 heteroatoms. The smallest absolute Gasteiger partial charge is 0.257 e. The van der Waals surface area contributed by atoms with Crippen molar-refractivity contribution in [2.75, 3.05) is 11.9 Å². The van der Waals surface area contributed by atoms with Crippen molar-refractivity contribution in [3.8, 4) is 16.9 Å². The Hall–Kier alpha value is -4.45. The SMILES string of the molecule is O=C(NCc1ccc(-c2ccc3c(c2)CCO3)cc1)c1cccc(NC(=O)c2cccnc2)c1. The van der Waals surface area contributed by atoms with Crippen molar-refractivity contribution in [2.24, 2.45) is 0 Å². The van der Waals surface area contributed by atoms with Crippen molar-refractivity contribution < 1.29 is 14.3 Å². The van der Waals surface area contributed by atoms with Crippen LogP contribution < -0.4 is 15.4 Å². The molecule has 0 saturated carbocycles. The van der Waals surface area contributed by atoms with Crippen LogP contribution in [0.2, 0.25) is 0 Å². The third-order valence-electron chi connectivity index (χ3n) is 5.74. The van der Waals surface area contributed by atoms with E-state index in [1.54, 1.807) is 42.6 Å². The van der Waals surface area contributed by atoms with E-state index in [0.29, 0.717) is 23.4 Å². The van der Waals surface area contributed by atoms with Gasteiger partial charge in [0.2, 0.25) is 0 Å². The van der Waals surface area contributed by atoms with Crippen molar-refractivity contribution in [1.82, 2.24) is 10.3 Å². The minimum atomic E-state index is -0.276. The number of hydrogen-bond donors (Lipinski definition) is 2. The Morgan fingerprint density at radius 3 is 2.50 bits per heavy atom. The van der Waals surface area contributed by atoms with Crippen LogP contribution in [0.4, 0.5) is 5.69 Å². The van der Waals surface area contributed by atoms with Gasteiger partial charge in [0.25, 0.3) is 11.8 Å². The first kappa shape index (κ1) is 21.4. The monoisotopic (exact) mass is 449 g/mol. The molecule has 0 aliphatic carbocycles. The van der Waals surface area contributed by atoms with Crippen LogP contribution in [0, 0.1) is 0 Å². The number of anilines is 1. The van der Waals surface area contributed by atoms with Crippen molar-refractivity contribution in [2.45, 2.75) is 13.0 Å². The summed E-state index contributed by atoms with van der Waals surface area (Å²) in [7, 11) is 0. The molecule has 2 heterocycles. The van der Waals surface area contributed by atoms with Crippen LogP contribution in [-0.2, 0) is 13.0 Å². The summed E-state index contributed by atoms with van der Waals surface area (Å²) >= 11 is 0. The second-order valence-corrected chi connectivity index (χ2v) is 8.08. The van der Waals surface area contributed by atoms with Crippen LogP contribution >= 0.6 is 0 Å². The van der Waals surface area contributed by atoms with Gasteiger partial charge in [-0.3, -0.25) is 14.6 Å². The zero-order chi connectivity index (χ0) is 23.3. The van der Waals surface area contributed by atoms with Crippen molar-refractivity contribution in [3.05, 3.63) is 114 Å². The van der Waals surface area contributed by atoms with Gasteiger partial charge in [-0.05, 0) is 64.7 Å². The van der Waals surface area contributed by atoms with Crippen molar-refractivity contribution in [3.63, 3.8) is 0 Å². The molecule has 168 valence electrons. The predicted molar refractivity (Wildman–Crippen MR) is 131 cm³/mol. The lowest BCUT2D eigenvalue weighted by Gasteiger charge is -2.09. The molecule has 4 aromatic rings. The van der Waals surface area contributed by atoms with Crippen molar-refractivity contribution >= 4 is 17.5 Å². The molecule has 0 unspecified atom stereocenters. The number of pyridine rings is 1. The van der Waals surface area contributed by atoms with Crippen LogP contribution in [0.3, 0.4) is 0 Å². The molecule has 0 fully saturated rings. The van der Waals surface area contributed by atoms with Crippen LogP contribution in [-0.4, -0.2) is 23.4 Å². The first-order valence-corrected chi connectivity index (χ1v) is 11.1. The molecule has 0 spiro atoms. The Morgan fingerprint density at radius 1 is 0.853 bits per heavy atom. The maximum atomic E-state index is 12.7. The largest absolute Gasteiger partial charge is 0.493 e. The third kappa shape index (κ3) is 4.81. The second kappa shape index (κ2) is 9.58. The van der Waals surface area contributed by atoms with Crippen LogP contribution in [0.1, 0.15) is 31.8 Å². The van der Waals surface area contributed by atoms with E-state index >= 15 is 0 Å². The minimum absolute atomic E-state index is 0.208. The first-order valence-electron chi connectivity index (χ1n) is 11.1. The summed E-state index contributed by atoms with van der Waals surface area (Å²) in [4.78, 5) is 29.0. The summed E-state index contributed by atoms with van der Waals surface area (Å²) < 4.78 is 5.58. The topological polar surface area (TPSA) is 80.3 Å². The molecule has 34 heavy (non-hydrogen) atoms. The molecule has 6 nitrogen and oxygen atoms in total. The molecule has 2 amide bonds. The average molecular weight is 450 g/mol. The molecular formula is C28H23N3O3. The maximum Gasteiger partial charge on any atom is 0.257 e. The summed E-state index contributed by atoms with van der Waals surface area (Å²) in [5.41, 5.74) is 6.00. The Morgan fingerprint density at radius 2 is 1.68 bits per heavy atom. The molecule has 1 aromatic heterocycles. The Labute approximate surface area is 197 Å². The molecule has 0 radical (unpaired) electrons. The number of aromatic nitrogens is 1. The lowest BCUT2D eigenvalue weighted by Crippen LogP contribution is -2.23. The fraction of sp³-hybridized carbons (Fsp3) is 0.107. The average Bonchev–Trinajstić information content (AvgIpc) is 3.36. The molecule has 5 rings (SSSR count). The highest BCUT2D eigenvalue weighted by Gasteiger charge is 2.13. The van der Waals surface area contributed by atoms with E-state index in [9.17, 15) is 9.59 Å². The zero-order valence-corrected chi connectivity index (χ0v) is 18.5. The quantitative estimate of drug-likeness (QED) is 0.440. The summed E-state index contributed by atoms with van der Waals surface area (Å²) in [6, 6.07) is 24.7. The van der Waals surface area contributed by atoms with Gasteiger partial charge in [-0.25, -0.2) is 0 Å². The molecule has 2 N–H and O–H groups in total. The van der Waals surface area contributed by atoms with E-state index in [1.807, 2.05) is 18.2 Å². The van der Waals surface area contributed by atoms with Gasteiger partial charge in [0.1, 0.15) is 5.75 Å². The summed E-state index contributed by atoms with van der Waals surface area (Å²) in [5, 5.41) is 5.74. The predicted octanol–water partition coefficient (Wildman–Crippen LogP) is 4.87. The van der Waals surface area contributed by atoms with Gasteiger partial charge in [-0.1, -0.05) is 36.4 Å². The zero-order valence-electron chi connectivity index (χ0n) is 18.5. The Bertz CT molecular complexity index is 1330. The number of hydrogen-bond acceptors (Lipinski definition) is 4. The lowest BCUT2D eigenvalue weighted by atomic mass is 10.0. The highest BCUT2D eigenvalue weighted by molar-refractivity contribution is 6.04. The fourth-order valence-corrected chi connectivity index (χ4v) is 3.90. The highest BCUT2D eigenvalue weighted by atomic mass is 16.5. The van der Waals surface area contributed by atoms with Crippen molar-refractivity contribution in [1.29, 1.82) is 0 Å². The van der Waals surface area contributed by atoms with E-state index in [1.165, 1.54) is 11.8 Å². The molecule has 1 aliphatic rings. The van der Waals surface area contributed by atoms with Gasteiger partial charge in [0, 0.05) is 36.6 Å². The van der Waals surface area contributed by atoms with E-state index in [4.69, 9.17) is 4.74 Å². The van der Waals surface area contributed by atoms with Gasteiger partial charge in [0.15, 0.2) is 0 Å². The summed E-state index contributed by atoms with van der Waals surface area (Å²) in [6.07, 6.45) is 4.05. The number of carbonyl (C=O) groups is 2. The molecule has 0 atom stereocenters. The first-order chi connectivity index (χ1) is 16.7. The Kier molecular flexibility index (Phi) is 6.03. The number of fused-ring (bicyclic) bond motifs is 1. The Balaban J connectivity index is 1.20. The summed E-state index contributed by atoms with van der Waals surface area (Å²) in [5.74, 6) is 0.491. The number of nitrogens with one attached hydrogen (secondary N) is 2. The van der Waals surface area contributed by atoms with E-state index in [0.717, 1.165) is 35.5 Å². The number of benzene rings is 3. The van der Waals surface area contributed by atoms with Crippen LogP contribution in [0.15, 0.2) is 91.3 Å². The standard InChI is InChI=1S/C28H23N3O3/c32-27(23-3-1-5-25(16-23)31-28(33)24-4-2-13-29-18-24)30-17-19-6-8-20(9-7-19)21-10-11-26-22(15-21)12-14-34-26/h1-11,13,15-16,18H,12,14,17H2,(H,30,32)(H,31,33). The molecule has 1 aliphatic heterocycles. The van der Waals surface area contributed by atoms with E-state index in [2.05, 4.69) is 39.9 Å². The number of carbonyl (C=O) groups excluding carboxylic acids is 2.